The third-order valence-electron chi connectivity index (χ3n) is 4.08. The maximum absolute atomic E-state index is 11.7. The molecule has 1 unspecified atom stereocenters. The van der Waals surface area contributed by atoms with E-state index < -0.39 is 0 Å². The van der Waals surface area contributed by atoms with Gasteiger partial charge in [-0.25, -0.2) is 0 Å². The highest BCUT2D eigenvalue weighted by atomic mass is 16.2. The van der Waals surface area contributed by atoms with Gasteiger partial charge in [-0.2, -0.15) is 0 Å². The summed E-state index contributed by atoms with van der Waals surface area (Å²) >= 11 is 0. The minimum absolute atomic E-state index is 0.256. The first-order valence-electron chi connectivity index (χ1n) is 6.80. The molecule has 0 bridgehead atoms. The molecule has 0 saturated carbocycles. The molecule has 1 amide bonds. The fraction of sp³-hybridized carbons (Fsp3) is 0.562. The first-order valence-corrected chi connectivity index (χ1v) is 6.80. The summed E-state index contributed by atoms with van der Waals surface area (Å²) in [5, 5.41) is 0. The number of rotatable bonds is 2. The molecule has 1 atom stereocenters. The summed E-state index contributed by atoms with van der Waals surface area (Å²) in [6.45, 7) is 9.91. The Bertz CT molecular complexity index is 427. The Morgan fingerprint density at radius 2 is 1.78 bits per heavy atom. The second-order valence-electron chi connectivity index (χ2n) is 6.33. The molecule has 0 radical (unpaired) electrons. The van der Waals surface area contributed by atoms with Crippen molar-refractivity contribution in [1.82, 2.24) is 0 Å². The van der Waals surface area contributed by atoms with E-state index in [1.54, 1.807) is 0 Å². The Labute approximate surface area is 110 Å². The predicted octanol–water partition coefficient (Wildman–Crippen LogP) is 3.96. The van der Waals surface area contributed by atoms with Crippen LogP contribution in [0.5, 0.6) is 0 Å². The summed E-state index contributed by atoms with van der Waals surface area (Å²) in [5.74, 6) is 0.771. The summed E-state index contributed by atoms with van der Waals surface area (Å²) in [6.07, 6.45) is 1.68. The van der Waals surface area contributed by atoms with Crippen molar-refractivity contribution < 1.29 is 4.79 Å². The molecular weight excluding hydrogens is 222 g/mol. The van der Waals surface area contributed by atoms with Crippen LogP contribution in [-0.2, 0) is 4.79 Å². The number of amides is 1. The Kier molecular flexibility index (Phi) is 3.47. The zero-order valence-corrected chi connectivity index (χ0v) is 11.9. The van der Waals surface area contributed by atoms with Crippen LogP contribution in [0.2, 0.25) is 0 Å². The van der Waals surface area contributed by atoms with E-state index in [-0.39, 0.29) is 11.3 Å². The third kappa shape index (κ3) is 2.58. The van der Waals surface area contributed by atoms with Gasteiger partial charge in [0, 0.05) is 18.7 Å². The van der Waals surface area contributed by atoms with E-state index in [1.807, 2.05) is 4.90 Å². The summed E-state index contributed by atoms with van der Waals surface area (Å²) in [7, 11) is 0. The van der Waals surface area contributed by atoms with Crippen molar-refractivity contribution in [2.45, 2.75) is 46.5 Å². The van der Waals surface area contributed by atoms with Crippen LogP contribution in [0.1, 0.15) is 52.0 Å². The Morgan fingerprint density at radius 1 is 1.17 bits per heavy atom. The molecule has 2 heteroatoms. The van der Waals surface area contributed by atoms with Gasteiger partial charge >= 0.3 is 0 Å². The molecule has 0 aliphatic carbocycles. The van der Waals surface area contributed by atoms with E-state index in [0.717, 1.165) is 18.7 Å². The highest BCUT2D eigenvalue weighted by molar-refractivity contribution is 5.95. The predicted molar refractivity (Wildman–Crippen MR) is 75.9 cm³/mol. The molecule has 1 heterocycles. The van der Waals surface area contributed by atoms with Crippen LogP contribution < -0.4 is 4.90 Å². The number of hydrogen-bond donors (Lipinski definition) is 0. The van der Waals surface area contributed by atoms with E-state index in [2.05, 4.69) is 52.0 Å². The number of nitrogens with zero attached hydrogens (tertiary/aromatic N) is 1. The van der Waals surface area contributed by atoms with Crippen molar-refractivity contribution in [3.8, 4) is 0 Å². The molecule has 0 spiro atoms. The average molecular weight is 245 g/mol. The number of benzene rings is 1. The average Bonchev–Trinajstić information content (AvgIpc) is 2.73. The fourth-order valence-electron chi connectivity index (χ4n) is 2.36. The van der Waals surface area contributed by atoms with Crippen molar-refractivity contribution in [2.75, 3.05) is 11.4 Å². The van der Waals surface area contributed by atoms with Crippen LogP contribution >= 0.6 is 0 Å². The minimum Gasteiger partial charge on any atom is -0.312 e. The van der Waals surface area contributed by atoms with E-state index in [1.165, 1.54) is 5.56 Å². The lowest BCUT2D eigenvalue weighted by atomic mass is 9.78. The van der Waals surface area contributed by atoms with Gasteiger partial charge < -0.3 is 4.90 Å². The Morgan fingerprint density at radius 3 is 2.22 bits per heavy atom. The molecular formula is C16H23NO. The van der Waals surface area contributed by atoms with Crippen molar-refractivity contribution in [1.29, 1.82) is 0 Å². The second kappa shape index (κ2) is 4.75. The van der Waals surface area contributed by atoms with E-state index >= 15 is 0 Å². The zero-order valence-electron chi connectivity index (χ0n) is 11.9. The SMILES string of the molecule is CC(c1ccc(N2CCCC2=O)cc1)C(C)(C)C. The number of hydrogen-bond acceptors (Lipinski definition) is 1. The number of carbonyl (C=O) groups excluding carboxylic acids is 1. The third-order valence-corrected chi connectivity index (χ3v) is 4.08. The summed E-state index contributed by atoms with van der Waals surface area (Å²) in [4.78, 5) is 13.6. The van der Waals surface area contributed by atoms with E-state index in [9.17, 15) is 4.79 Å². The minimum atomic E-state index is 0.256. The van der Waals surface area contributed by atoms with Gasteiger partial charge in [-0.3, -0.25) is 4.79 Å². The molecule has 1 fully saturated rings. The van der Waals surface area contributed by atoms with Crippen LogP contribution in [-0.4, -0.2) is 12.5 Å². The van der Waals surface area contributed by atoms with E-state index in [0.29, 0.717) is 12.3 Å². The van der Waals surface area contributed by atoms with Crippen molar-refractivity contribution in [3.05, 3.63) is 29.8 Å². The molecule has 2 rings (SSSR count). The first kappa shape index (κ1) is 13.1. The quantitative estimate of drug-likeness (QED) is 0.772. The van der Waals surface area contributed by atoms with Gasteiger partial charge in [0.15, 0.2) is 0 Å². The lowest BCUT2D eigenvalue weighted by Gasteiger charge is -2.28. The smallest absolute Gasteiger partial charge is 0.227 e. The lowest BCUT2D eigenvalue weighted by Crippen LogP contribution is -2.23. The molecule has 1 saturated heterocycles. The maximum Gasteiger partial charge on any atom is 0.227 e. The van der Waals surface area contributed by atoms with Crippen LogP contribution in [0.4, 0.5) is 5.69 Å². The van der Waals surface area contributed by atoms with Gasteiger partial charge in [0.2, 0.25) is 5.91 Å². The monoisotopic (exact) mass is 245 g/mol. The lowest BCUT2D eigenvalue weighted by molar-refractivity contribution is -0.117. The van der Waals surface area contributed by atoms with Gasteiger partial charge in [0.25, 0.3) is 0 Å². The Balaban J connectivity index is 2.17. The highest BCUT2D eigenvalue weighted by Crippen LogP contribution is 2.35. The molecule has 1 aliphatic heterocycles. The largest absolute Gasteiger partial charge is 0.312 e. The molecule has 0 N–H and O–H groups in total. The van der Waals surface area contributed by atoms with E-state index in [4.69, 9.17) is 0 Å². The Hall–Kier alpha value is -1.31. The van der Waals surface area contributed by atoms with Gasteiger partial charge in [0.05, 0.1) is 0 Å². The standard InChI is InChI=1S/C16H23NO/c1-12(16(2,3)4)13-7-9-14(10-8-13)17-11-5-6-15(17)18/h7-10,12H,5-6,11H2,1-4H3. The van der Waals surface area contributed by atoms with Gasteiger partial charge in [-0.15, -0.1) is 0 Å². The van der Waals surface area contributed by atoms with Gasteiger partial charge in [0.1, 0.15) is 0 Å². The number of carbonyl (C=O) groups is 1. The summed E-state index contributed by atoms with van der Waals surface area (Å²) < 4.78 is 0. The number of anilines is 1. The fourth-order valence-corrected chi connectivity index (χ4v) is 2.36. The molecule has 98 valence electrons. The normalized spacial score (nSPS) is 18.2. The van der Waals surface area contributed by atoms with Gasteiger partial charge in [-0.1, -0.05) is 39.8 Å². The van der Waals surface area contributed by atoms with Crippen LogP contribution in [0.15, 0.2) is 24.3 Å². The molecule has 1 aromatic rings. The topological polar surface area (TPSA) is 20.3 Å². The zero-order chi connectivity index (χ0) is 13.3. The second-order valence-corrected chi connectivity index (χ2v) is 6.33. The van der Waals surface area contributed by atoms with Gasteiger partial charge in [-0.05, 0) is 35.4 Å². The highest BCUT2D eigenvalue weighted by Gasteiger charge is 2.24. The molecule has 2 nitrogen and oxygen atoms in total. The van der Waals surface area contributed by atoms with Crippen molar-refractivity contribution in [2.24, 2.45) is 5.41 Å². The maximum atomic E-state index is 11.7. The summed E-state index contributed by atoms with van der Waals surface area (Å²) in [6, 6.07) is 8.50. The van der Waals surface area contributed by atoms with Crippen molar-refractivity contribution in [3.63, 3.8) is 0 Å². The first-order chi connectivity index (χ1) is 8.39. The molecule has 1 aromatic carbocycles. The molecule has 18 heavy (non-hydrogen) atoms. The summed E-state index contributed by atoms with van der Waals surface area (Å²) in [5.41, 5.74) is 2.66. The van der Waals surface area contributed by atoms with Crippen LogP contribution in [0, 0.1) is 5.41 Å². The van der Waals surface area contributed by atoms with Crippen molar-refractivity contribution >= 4 is 11.6 Å². The van der Waals surface area contributed by atoms with Crippen LogP contribution in [0.3, 0.4) is 0 Å². The van der Waals surface area contributed by atoms with Crippen LogP contribution in [0.25, 0.3) is 0 Å². The molecule has 0 aromatic heterocycles. The molecule has 1 aliphatic rings.